The minimum Gasteiger partial charge on any atom is -0.352 e. The van der Waals surface area contributed by atoms with Crippen LogP contribution in [0.2, 0.25) is 0 Å². The first-order valence-corrected chi connectivity index (χ1v) is 5.84. The molecule has 0 aliphatic heterocycles. The maximum atomic E-state index is 11.7. The van der Waals surface area contributed by atoms with E-state index in [0.717, 1.165) is 18.5 Å². The molecule has 0 radical (unpaired) electrons. The first kappa shape index (κ1) is 12.8. The summed E-state index contributed by atoms with van der Waals surface area (Å²) in [7, 11) is 0. The second-order valence-electron chi connectivity index (χ2n) is 3.91. The van der Waals surface area contributed by atoms with Crippen LogP contribution in [0.1, 0.15) is 32.4 Å². The number of hydrogen-bond donors (Lipinski definition) is 2. The lowest BCUT2D eigenvalue weighted by Gasteiger charge is -2.15. The monoisotopic (exact) mass is 223 g/mol. The lowest BCUT2D eigenvalue weighted by atomic mass is 10.2. The van der Waals surface area contributed by atoms with Crippen molar-refractivity contribution in [1.29, 1.82) is 0 Å². The van der Waals surface area contributed by atoms with Crippen molar-refractivity contribution in [2.24, 2.45) is 5.73 Å². The highest BCUT2D eigenvalue weighted by atomic mass is 16.2. The van der Waals surface area contributed by atoms with Crippen LogP contribution in [-0.2, 0) is 17.9 Å². The molecule has 1 aromatic heterocycles. The van der Waals surface area contributed by atoms with Crippen molar-refractivity contribution in [2.45, 2.75) is 45.8 Å². The Morgan fingerprint density at radius 3 is 2.75 bits per heavy atom. The third-order valence-corrected chi connectivity index (χ3v) is 2.80. The Morgan fingerprint density at radius 1 is 1.50 bits per heavy atom. The van der Waals surface area contributed by atoms with Gasteiger partial charge in [-0.3, -0.25) is 4.79 Å². The number of nitrogens with zero attached hydrogens (tertiary/aromatic N) is 1. The van der Waals surface area contributed by atoms with Gasteiger partial charge >= 0.3 is 0 Å². The van der Waals surface area contributed by atoms with E-state index in [1.807, 2.05) is 22.9 Å². The maximum absolute atomic E-state index is 11.7. The minimum atomic E-state index is 0.0552. The van der Waals surface area contributed by atoms with Crippen molar-refractivity contribution in [3.8, 4) is 0 Å². The minimum absolute atomic E-state index is 0.0552. The topological polar surface area (TPSA) is 60.0 Å². The molecule has 1 rings (SSSR count). The second kappa shape index (κ2) is 6.33. The lowest BCUT2D eigenvalue weighted by Crippen LogP contribution is -2.36. The van der Waals surface area contributed by atoms with Gasteiger partial charge in [0.2, 0.25) is 5.91 Å². The molecule has 0 unspecified atom stereocenters. The summed E-state index contributed by atoms with van der Waals surface area (Å²) in [6.07, 6.45) is 3.82. The van der Waals surface area contributed by atoms with E-state index < -0.39 is 0 Å². The Balaban J connectivity index is 2.51. The third-order valence-electron chi connectivity index (χ3n) is 2.80. The van der Waals surface area contributed by atoms with Gasteiger partial charge in [0.1, 0.15) is 6.54 Å². The fourth-order valence-corrected chi connectivity index (χ4v) is 1.71. The number of nitrogens with one attached hydrogen (secondary N) is 1. The van der Waals surface area contributed by atoms with Gasteiger partial charge in [0.05, 0.1) is 0 Å². The van der Waals surface area contributed by atoms with Gasteiger partial charge in [-0.2, -0.15) is 0 Å². The van der Waals surface area contributed by atoms with Gasteiger partial charge in [-0.15, -0.1) is 0 Å². The molecule has 3 N–H and O–H groups in total. The summed E-state index contributed by atoms with van der Waals surface area (Å²) < 4.78 is 1.89. The number of carbonyl (C=O) groups is 1. The standard InChI is InChI=1S/C12H21N3O/c1-3-10(4-2)14-12(16)9-15-7-5-6-11(15)8-13/h5-7,10H,3-4,8-9,13H2,1-2H3,(H,14,16). The fraction of sp³-hybridized carbons (Fsp3) is 0.583. The molecule has 0 saturated heterocycles. The van der Waals surface area contributed by atoms with E-state index in [9.17, 15) is 4.79 Å². The molecule has 16 heavy (non-hydrogen) atoms. The molecule has 1 heterocycles. The smallest absolute Gasteiger partial charge is 0.240 e. The van der Waals surface area contributed by atoms with E-state index in [2.05, 4.69) is 19.2 Å². The van der Waals surface area contributed by atoms with Gasteiger partial charge in [-0.25, -0.2) is 0 Å². The molecule has 1 aromatic rings. The zero-order chi connectivity index (χ0) is 12.0. The fourth-order valence-electron chi connectivity index (χ4n) is 1.71. The summed E-state index contributed by atoms with van der Waals surface area (Å²) >= 11 is 0. The van der Waals surface area contributed by atoms with Crippen molar-refractivity contribution in [1.82, 2.24) is 9.88 Å². The van der Waals surface area contributed by atoms with Crippen molar-refractivity contribution in [3.63, 3.8) is 0 Å². The number of hydrogen-bond acceptors (Lipinski definition) is 2. The summed E-state index contributed by atoms with van der Waals surface area (Å²) in [4.78, 5) is 11.7. The number of rotatable bonds is 6. The van der Waals surface area contributed by atoms with E-state index in [1.54, 1.807) is 0 Å². The normalized spacial score (nSPS) is 10.8. The largest absolute Gasteiger partial charge is 0.352 e. The van der Waals surface area contributed by atoms with E-state index in [4.69, 9.17) is 5.73 Å². The van der Waals surface area contributed by atoms with Crippen LogP contribution in [0.15, 0.2) is 18.3 Å². The van der Waals surface area contributed by atoms with E-state index in [0.29, 0.717) is 13.1 Å². The Morgan fingerprint density at radius 2 is 2.19 bits per heavy atom. The van der Waals surface area contributed by atoms with Crippen molar-refractivity contribution in [3.05, 3.63) is 24.0 Å². The van der Waals surface area contributed by atoms with E-state index in [1.165, 1.54) is 0 Å². The van der Waals surface area contributed by atoms with Crippen LogP contribution in [0.25, 0.3) is 0 Å². The van der Waals surface area contributed by atoms with Gasteiger partial charge < -0.3 is 15.6 Å². The molecule has 0 saturated carbocycles. The van der Waals surface area contributed by atoms with Crippen LogP contribution in [-0.4, -0.2) is 16.5 Å². The second-order valence-corrected chi connectivity index (χ2v) is 3.91. The van der Waals surface area contributed by atoms with Crippen LogP contribution in [0, 0.1) is 0 Å². The average Bonchev–Trinajstić information content (AvgIpc) is 2.73. The number of aromatic nitrogens is 1. The van der Waals surface area contributed by atoms with Crippen LogP contribution >= 0.6 is 0 Å². The molecule has 0 atom stereocenters. The quantitative estimate of drug-likeness (QED) is 0.762. The Labute approximate surface area is 96.8 Å². The molecule has 0 fully saturated rings. The molecule has 0 aliphatic rings. The predicted octanol–water partition coefficient (Wildman–Crippen LogP) is 1.25. The molecule has 4 nitrogen and oxygen atoms in total. The molecule has 90 valence electrons. The molecule has 4 heteroatoms. The van der Waals surface area contributed by atoms with Crippen molar-refractivity contribution < 1.29 is 4.79 Å². The van der Waals surface area contributed by atoms with Gasteiger partial charge in [0.15, 0.2) is 0 Å². The molecule has 0 aliphatic carbocycles. The number of carbonyl (C=O) groups excluding carboxylic acids is 1. The van der Waals surface area contributed by atoms with Gasteiger partial charge in [-0.1, -0.05) is 13.8 Å². The van der Waals surface area contributed by atoms with Gasteiger partial charge in [0, 0.05) is 24.5 Å². The molecular weight excluding hydrogens is 202 g/mol. The predicted molar refractivity (Wildman–Crippen MR) is 64.8 cm³/mol. The number of nitrogens with two attached hydrogens (primary N) is 1. The summed E-state index contributed by atoms with van der Waals surface area (Å²) in [5.41, 5.74) is 6.56. The zero-order valence-electron chi connectivity index (χ0n) is 10.1. The average molecular weight is 223 g/mol. The molecule has 1 amide bonds. The Hall–Kier alpha value is -1.29. The van der Waals surface area contributed by atoms with Crippen LogP contribution in [0.5, 0.6) is 0 Å². The van der Waals surface area contributed by atoms with Gasteiger partial charge in [0.25, 0.3) is 0 Å². The van der Waals surface area contributed by atoms with E-state index in [-0.39, 0.29) is 11.9 Å². The number of amides is 1. The molecule has 0 spiro atoms. The highest BCUT2D eigenvalue weighted by Gasteiger charge is 2.09. The zero-order valence-corrected chi connectivity index (χ0v) is 10.1. The Bertz CT molecular complexity index is 329. The maximum Gasteiger partial charge on any atom is 0.240 e. The molecule has 0 bridgehead atoms. The highest BCUT2D eigenvalue weighted by Crippen LogP contribution is 2.02. The third kappa shape index (κ3) is 3.38. The van der Waals surface area contributed by atoms with Crippen molar-refractivity contribution >= 4 is 5.91 Å². The first-order valence-electron chi connectivity index (χ1n) is 5.84. The van der Waals surface area contributed by atoms with E-state index >= 15 is 0 Å². The lowest BCUT2D eigenvalue weighted by molar-refractivity contribution is -0.122. The van der Waals surface area contributed by atoms with Crippen LogP contribution in [0.3, 0.4) is 0 Å². The summed E-state index contributed by atoms with van der Waals surface area (Å²) in [6.45, 7) is 4.98. The summed E-state index contributed by atoms with van der Waals surface area (Å²) in [5, 5.41) is 3.01. The molecular formula is C12H21N3O. The molecule has 0 aromatic carbocycles. The highest BCUT2D eigenvalue weighted by molar-refractivity contribution is 5.76. The summed E-state index contributed by atoms with van der Waals surface area (Å²) in [6, 6.07) is 4.13. The van der Waals surface area contributed by atoms with Crippen molar-refractivity contribution in [2.75, 3.05) is 0 Å². The first-order chi connectivity index (χ1) is 7.71. The summed E-state index contributed by atoms with van der Waals surface area (Å²) in [5.74, 6) is 0.0552. The van der Waals surface area contributed by atoms with Crippen LogP contribution in [0.4, 0.5) is 0 Å². The van der Waals surface area contributed by atoms with Gasteiger partial charge in [-0.05, 0) is 25.0 Å². The van der Waals surface area contributed by atoms with Crippen LogP contribution < -0.4 is 11.1 Å². The SMILES string of the molecule is CCC(CC)NC(=O)Cn1cccc1CN. The Kier molecular flexibility index (Phi) is 5.05.